The van der Waals surface area contributed by atoms with E-state index in [1.807, 2.05) is 6.92 Å². The molecule has 0 aromatic carbocycles. The number of hydrogen-bond donors (Lipinski definition) is 1. The number of hydrogen-bond acceptors (Lipinski definition) is 3. The fourth-order valence-corrected chi connectivity index (χ4v) is 2.46. The third-order valence-corrected chi connectivity index (χ3v) is 3.87. The molecule has 1 aliphatic rings. The highest BCUT2D eigenvalue weighted by atomic mass is 28.3. The van der Waals surface area contributed by atoms with Gasteiger partial charge >= 0.3 is 0 Å². The Kier molecular flexibility index (Phi) is 5.25. The highest BCUT2D eigenvalue weighted by Gasteiger charge is 2.38. The Morgan fingerprint density at radius 1 is 1.16 bits per heavy atom. The second-order valence-electron chi connectivity index (χ2n) is 7.49. The van der Waals surface area contributed by atoms with Crippen molar-refractivity contribution in [1.82, 2.24) is 0 Å². The van der Waals surface area contributed by atoms with Gasteiger partial charge in [-0.1, -0.05) is 33.5 Å². The molecule has 0 aromatic heterocycles. The molecule has 1 aliphatic heterocycles. The Hall–Kier alpha value is -0.343. The van der Waals surface area contributed by atoms with E-state index in [9.17, 15) is 5.11 Å². The van der Waals surface area contributed by atoms with Gasteiger partial charge in [0.25, 0.3) is 0 Å². The van der Waals surface area contributed by atoms with E-state index in [1.54, 1.807) is 0 Å². The van der Waals surface area contributed by atoms with Gasteiger partial charge in [-0.05, 0) is 6.92 Å². The van der Waals surface area contributed by atoms with Crippen molar-refractivity contribution >= 4 is 8.07 Å². The molecule has 0 aliphatic carbocycles. The smallest absolute Gasteiger partial charge is 0.168 e. The van der Waals surface area contributed by atoms with E-state index in [-0.39, 0.29) is 5.41 Å². The van der Waals surface area contributed by atoms with Crippen molar-refractivity contribution in [2.75, 3.05) is 13.2 Å². The second kappa shape index (κ2) is 5.97. The zero-order valence-electron chi connectivity index (χ0n) is 13.2. The maximum Gasteiger partial charge on any atom is 0.168 e. The van der Waals surface area contributed by atoms with Gasteiger partial charge in [-0.15, -0.1) is 11.5 Å². The van der Waals surface area contributed by atoms with Crippen LogP contribution in [0.5, 0.6) is 0 Å². The Labute approximate surface area is 118 Å². The predicted octanol–water partition coefficient (Wildman–Crippen LogP) is 2.80. The average molecular weight is 284 g/mol. The lowest BCUT2D eigenvalue weighted by molar-refractivity contribution is -0.298. The van der Waals surface area contributed by atoms with Crippen molar-refractivity contribution in [1.29, 1.82) is 0 Å². The van der Waals surface area contributed by atoms with E-state index in [1.165, 1.54) is 0 Å². The molecule has 3 nitrogen and oxygen atoms in total. The molecule has 0 saturated carbocycles. The van der Waals surface area contributed by atoms with Gasteiger partial charge in [-0.3, -0.25) is 0 Å². The predicted molar refractivity (Wildman–Crippen MR) is 80.5 cm³/mol. The first-order valence-electron chi connectivity index (χ1n) is 6.97. The van der Waals surface area contributed by atoms with Crippen LogP contribution in [-0.4, -0.2) is 38.3 Å². The lowest BCUT2D eigenvalue weighted by atomic mass is 9.94. The molecule has 1 N–H and O–H groups in total. The van der Waals surface area contributed by atoms with Crippen LogP contribution in [0.1, 0.15) is 33.6 Å². The summed E-state index contributed by atoms with van der Waals surface area (Å²) >= 11 is 0. The van der Waals surface area contributed by atoms with E-state index in [4.69, 9.17) is 9.47 Å². The summed E-state index contributed by atoms with van der Waals surface area (Å²) in [4.78, 5) is 0. The third kappa shape index (κ3) is 6.58. The highest BCUT2D eigenvalue weighted by molar-refractivity contribution is 6.83. The summed E-state index contributed by atoms with van der Waals surface area (Å²) in [7, 11) is -1.35. The summed E-state index contributed by atoms with van der Waals surface area (Å²) in [5.41, 5.74) is 3.32. The first-order valence-corrected chi connectivity index (χ1v) is 10.5. The van der Waals surface area contributed by atoms with Crippen molar-refractivity contribution in [2.24, 2.45) is 5.41 Å². The van der Waals surface area contributed by atoms with Gasteiger partial charge in [0, 0.05) is 18.3 Å². The first-order chi connectivity index (χ1) is 8.52. The van der Waals surface area contributed by atoms with Crippen LogP contribution >= 0.6 is 0 Å². The van der Waals surface area contributed by atoms with E-state index >= 15 is 0 Å². The van der Waals surface area contributed by atoms with Crippen LogP contribution in [0.2, 0.25) is 19.6 Å². The Morgan fingerprint density at radius 3 is 2.16 bits per heavy atom. The van der Waals surface area contributed by atoms with Crippen molar-refractivity contribution in [3.8, 4) is 11.5 Å². The van der Waals surface area contributed by atoms with Gasteiger partial charge in [0.1, 0.15) is 8.07 Å². The van der Waals surface area contributed by atoms with Crippen LogP contribution in [0.15, 0.2) is 0 Å². The van der Waals surface area contributed by atoms with E-state index in [0.717, 1.165) is 0 Å². The molecule has 1 heterocycles. The van der Waals surface area contributed by atoms with Crippen molar-refractivity contribution in [2.45, 2.75) is 65.1 Å². The molecule has 0 bridgehead atoms. The van der Waals surface area contributed by atoms with Crippen LogP contribution < -0.4 is 0 Å². The molecule has 0 unspecified atom stereocenters. The van der Waals surface area contributed by atoms with Gasteiger partial charge in [0.15, 0.2) is 5.79 Å². The Bertz CT molecular complexity index is 350. The molecule has 1 atom stereocenters. The molecule has 4 heteroatoms. The van der Waals surface area contributed by atoms with Gasteiger partial charge in [-0.2, -0.15) is 0 Å². The SMILES string of the molecule is CC1(C)COC(C)(C[C@@H](O)CC#C[Si](C)(C)C)OC1. The van der Waals surface area contributed by atoms with Crippen LogP contribution in [0.3, 0.4) is 0 Å². The van der Waals surface area contributed by atoms with E-state index in [0.29, 0.717) is 26.1 Å². The second-order valence-corrected chi connectivity index (χ2v) is 12.2. The molecular formula is C15H28O3Si. The minimum atomic E-state index is -1.35. The van der Waals surface area contributed by atoms with Crippen LogP contribution in [0, 0.1) is 16.9 Å². The van der Waals surface area contributed by atoms with Crippen LogP contribution in [0.25, 0.3) is 0 Å². The maximum absolute atomic E-state index is 10.0. The summed E-state index contributed by atoms with van der Waals surface area (Å²) in [5.74, 6) is 2.43. The summed E-state index contributed by atoms with van der Waals surface area (Å²) < 4.78 is 11.6. The standard InChI is InChI=1S/C15H28O3Si/c1-14(2)11-17-15(3,18-12-14)10-13(16)8-7-9-19(4,5)6/h13,16H,8,10-12H2,1-6H3/t13-/m0/s1. The largest absolute Gasteiger partial charge is 0.392 e. The quantitative estimate of drug-likeness (QED) is 0.640. The third-order valence-electron chi connectivity index (χ3n) is 2.94. The molecular weight excluding hydrogens is 256 g/mol. The summed E-state index contributed by atoms with van der Waals surface area (Å²) in [6, 6.07) is 0. The topological polar surface area (TPSA) is 38.7 Å². The van der Waals surface area contributed by atoms with Gasteiger partial charge in [0.2, 0.25) is 0 Å². The molecule has 19 heavy (non-hydrogen) atoms. The summed E-state index contributed by atoms with van der Waals surface area (Å²) in [6.45, 7) is 14.0. The minimum absolute atomic E-state index is 0.0576. The highest BCUT2D eigenvalue weighted by Crippen LogP contribution is 2.32. The Morgan fingerprint density at radius 2 is 1.68 bits per heavy atom. The number of aliphatic hydroxyl groups is 1. The molecule has 110 valence electrons. The van der Waals surface area contributed by atoms with Crippen LogP contribution in [-0.2, 0) is 9.47 Å². The van der Waals surface area contributed by atoms with Gasteiger partial charge < -0.3 is 14.6 Å². The van der Waals surface area contributed by atoms with E-state index < -0.39 is 20.0 Å². The first kappa shape index (κ1) is 16.7. The van der Waals surface area contributed by atoms with Crippen molar-refractivity contribution in [3.05, 3.63) is 0 Å². The average Bonchev–Trinajstić information content (AvgIpc) is 2.21. The number of rotatable bonds is 3. The van der Waals surface area contributed by atoms with E-state index in [2.05, 4.69) is 45.0 Å². The number of aliphatic hydroxyl groups excluding tert-OH is 1. The zero-order valence-corrected chi connectivity index (χ0v) is 14.2. The molecule has 0 amide bonds. The summed E-state index contributed by atoms with van der Waals surface area (Å²) in [5, 5.41) is 10.0. The molecule has 0 aromatic rings. The van der Waals surface area contributed by atoms with Gasteiger partial charge in [-0.25, -0.2) is 0 Å². The molecule has 1 saturated heterocycles. The monoisotopic (exact) mass is 284 g/mol. The normalized spacial score (nSPS) is 23.3. The molecule has 0 radical (unpaired) electrons. The maximum atomic E-state index is 10.0. The fourth-order valence-electron chi connectivity index (χ4n) is 1.83. The van der Waals surface area contributed by atoms with Crippen LogP contribution in [0.4, 0.5) is 0 Å². The minimum Gasteiger partial charge on any atom is -0.392 e. The molecule has 1 fully saturated rings. The number of ether oxygens (including phenoxy) is 2. The molecule has 0 spiro atoms. The Balaban J connectivity index is 2.44. The molecule has 1 rings (SSSR count). The van der Waals surface area contributed by atoms with Crippen molar-refractivity contribution < 1.29 is 14.6 Å². The summed E-state index contributed by atoms with van der Waals surface area (Å²) in [6.07, 6.45) is 0.481. The fraction of sp³-hybridized carbons (Fsp3) is 0.867. The lowest BCUT2D eigenvalue weighted by Crippen LogP contribution is -2.47. The zero-order chi connectivity index (χ0) is 14.7. The van der Waals surface area contributed by atoms with Gasteiger partial charge in [0.05, 0.1) is 19.3 Å². The lowest BCUT2D eigenvalue weighted by Gasteiger charge is -2.42. The van der Waals surface area contributed by atoms with Crippen molar-refractivity contribution in [3.63, 3.8) is 0 Å².